The van der Waals surface area contributed by atoms with Crippen LogP contribution in [0, 0.1) is 0 Å². The van der Waals surface area contributed by atoms with Crippen molar-refractivity contribution in [1.82, 2.24) is 15.1 Å². The molecule has 0 bridgehead atoms. The second kappa shape index (κ2) is 3.90. The Morgan fingerprint density at radius 1 is 1.38 bits per heavy atom. The minimum absolute atomic E-state index is 0.389. The molecule has 3 aliphatic heterocycles. The van der Waals surface area contributed by atoms with Gasteiger partial charge in [-0.3, -0.25) is 4.99 Å². The summed E-state index contributed by atoms with van der Waals surface area (Å²) < 4.78 is 0. The van der Waals surface area contributed by atoms with Gasteiger partial charge in [0.05, 0.1) is 12.4 Å². The average molecular weight is 219 g/mol. The molecule has 5 nitrogen and oxygen atoms in total. The monoisotopic (exact) mass is 219 g/mol. The van der Waals surface area contributed by atoms with Crippen molar-refractivity contribution < 1.29 is 0 Å². The lowest BCUT2D eigenvalue weighted by Gasteiger charge is -2.31. The van der Waals surface area contributed by atoms with E-state index in [0.29, 0.717) is 6.04 Å². The van der Waals surface area contributed by atoms with Crippen molar-refractivity contribution >= 4 is 12.2 Å². The van der Waals surface area contributed by atoms with Crippen molar-refractivity contribution in [3.05, 3.63) is 11.9 Å². The third-order valence-electron chi connectivity index (χ3n) is 3.14. The molecule has 0 radical (unpaired) electrons. The van der Waals surface area contributed by atoms with Crippen molar-refractivity contribution in [3.8, 4) is 0 Å². The lowest BCUT2D eigenvalue weighted by Crippen LogP contribution is -2.43. The number of rotatable bonds is 1. The summed E-state index contributed by atoms with van der Waals surface area (Å²) in [6.07, 6.45) is 4.02. The normalized spacial score (nSPS) is 28.9. The van der Waals surface area contributed by atoms with E-state index in [2.05, 4.69) is 38.1 Å². The number of aliphatic imine (C=N–C) groups is 2. The van der Waals surface area contributed by atoms with E-state index in [4.69, 9.17) is 0 Å². The standard InChI is InChI=1S/C11H17N5/c1-9-7-16-8-13-10(6-11(16)14-9)15-4-2-12-3-5-15/h6,8-9,12H,2-5,7H2,1H3/t9-/m1/s1. The van der Waals surface area contributed by atoms with E-state index in [1.807, 2.05) is 6.34 Å². The smallest absolute Gasteiger partial charge is 0.134 e. The highest BCUT2D eigenvalue weighted by Crippen LogP contribution is 2.17. The van der Waals surface area contributed by atoms with E-state index in [1.54, 1.807) is 0 Å². The number of nitrogens with one attached hydrogen (secondary N) is 1. The molecule has 0 aromatic heterocycles. The maximum atomic E-state index is 4.59. The summed E-state index contributed by atoms with van der Waals surface area (Å²) in [5.74, 6) is 2.13. The maximum absolute atomic E-state index is 4.59. The molecule has 3 aliphatic rings. The van der Waals surface area contributed by atoms with Gasteiger partial charge in [0.2, 0.25) is 0 Å². The molecular formula is C11H17N5. The Kier molecular flexibility index (Phi) is 2.40. The summed E-state index contributed by atoms with van der Waals surface area (Å²) in [6, 6.07) is 0.389. The highest BCUT2D eigenvalue weighted by Gasteiger charge is 2.24. The van der Waals surface area contributed by atoms with Crippen LogP contribution in [0.2, 0.25) is 0 Å². The second-order valence-corrected chi connectivity index (χ2v) is 4.47. The average Bonchev–Trinajstić information content (AvgIpc) is 2.69. The van der Waals surface area contributed by atoms with Crippen LogP contribution in [-0.2, 0) is 0 Å². The fourth-order valence-electron chi connectivity index (χ4n) is 2.29. The van der Waals surface area contributed by atoms with Gasteiger partial charge >= 0.3 is 0 Å². The van der Waals surface area contributed by atoms with Crippen LogP contribution in [0.15, 0.2) is 21.9 Å². The first-order valence-electron chi connectivity index (χ1n) is 5.89. The van der Waals surface area contributed by atoms with Gasteiger partial charge in [0.25, 0.3) is 0 Å². The van der Waals surface area contributed by atoms with Crippen LogP contribution in [0.4, 0.5) is 0 Å². The topological polar surface area (TPSA) is 43.2 Å². The van der Waals surface area contributed by atoms with Gasteiger partial charge in [-0.1, -0.05) is 0 Å². The van der Waals surface area contributed by atoms with E-state index >= 15 is 0 Å². The second-order valence-electron chi connectivity index (χ2n) is 4.47. The molecule has 0 saturated carbocycles. The third-order valence-corrected chi connectivity index (χ3v) is 3.14. The molecule has 3 rings (SSSR count). The number of amidine groups is 1. The number of piperazine rings is 1. The fraction of sp³-hybridized carbons (Fsp3) is 0.636. The van der Waals surface area contributed by atoms with Crippen molar-refractivity contribution in [2.75, 3.05) is 32.7 Å². The van der Waals surface area contributed by atoms with Gasteiger partial charge in [-0.2, -0.15) is 0 Å². The maximum Gasteiger partial charge on any atom is 0.134 e. The van der Waals surface area contributed by atoms with Crippen LogP contribution >= 0.6 is 0 Å². The molecule has 1 N–H and O–H groups in total. The number of fused-ring (bicyclic) bond motifs is 1. The van der Waals surface area contributed by atoms with Crippen molar-refractivity contribution in [1.29, 1.82) is 0 Å². The first-order chi connectivity index (χ1) is 7.83. The molecule has 0 aliphatic carbocycles. The molecule has 16 heavy (non-hydrogen) atoms. The van der Waals surface area contributed by atoms with E-state index in [9.17, 15) is 0 Å². The van der Waals surface area contributed by atoms with Crippen molar-refractivity contribution in [2.45, 2.75) is 13.0 Å². The lowest BCUT2D eigenvalue weighted by atomic mass is 10.3. The lowest BCUT2D eigenvalue weighted by molar-refractivity contribution is 0.296. The highest BCUT2D eigenvalue weighted by molar-refractivity contribution is 6.03. The summed E-state index contributed by atoms with van der Waals surface area (Å²) in [5.41, 5.74) is 0. The molecule has 86 valence electrons. The molecule has 0 aromatic carbocycles. The highest BCUT2D eigenvalue weighted by atomic mass is 15.3. The fourth-order valence-corrected chi connectivity index (χ4v) is 2.29. The molecule has 5 heteroatoms. The van der Waals surface area contributed by atoms with Crippen molar-refractivity contribution in [2.24, 2.45) is 9.98 Å². The van der Waals surface area contributed by atoms with Crippen LogP contribution in [0.25, 0.3) is 0 Å². The summed E-state index contributed by atoms with van der Waals surface area (Å²) in [4.78, 5) is 13.5. The van der Waals surface area contributed by atoms with Gasteiger partial charge in [-0.25, -0.2) is 4.99 Å². The molecule has 0 spiro atoms. The van der Waals surface area contributed by atoms with Crippen LogP contribution in [-0.4, -0.2) is 60.7 Å². The molecule has 0 amide bonds. The zero-order chi connectivity index (χ0) is 11.0. The van der Waals surface area contributed by atoms with Gasteiger partial charge in [0, 0.05) is 38.8 Å². The van der Waals surface area contributed by atoms with E-state index in [1.165, 1.54) is 0 Å². The molecule has 0 aromatic rings. The Balaban J connectivity index is 1.79. The first-order valence-corrected chi connectivity index (χ1v) is 5.89. The Hall–Kier alpha value is -1.36. The zero-order valence-corrected chi connectivity index (χ0v) is 9.56. The largest absolute Gasteiger partial charge is 0.354 e. The number of nitrogens with zero attached hydrogens (tertiary/aromatic N) is 4. The summed E-state index contributed by atoms with van der Waals surface area (Å²) in [6.45, 7) is 7.25. The summed E-state index contributed by atoms with van der Waals surface area (Å²) in [5, 5.41) is 3.35. The van der Waals surface area contributed by atoms with Gasteiger partial charge in [0.15, 0.2) is 0 Å². The van der Waals surface area contributed by atoms with Crippen molar-refractivity contribution in [3.63, 3.8) is 0 Å². The van der Waals surface area contributed by atoms with Crippen LogP contribution in [0.3, 0.4) is 0 Å². The van der Waals surface area contributed by atoms with Gasteiger partial charge < -0.3 is 15.1 Å². The predicted molar refractivity (Wildman–Crippen MR) is 64.6 cm³/mol. The van der Waals surface area contributed by atoms with Crippen LogP contribution in [0.1, 0.15) is 6.92 Å². The van der Waals surface area contributed by atoms with Crippen LogP contribution in [0.5, 0.6) is 0 Å². The minimum atomic E-state index is 0.389. The zero-order valence-electron chi connectivity index (χ0n) is 9.56. The molecule has 1 saturated heterocycles. The first kappa shape index (κ1) is 9.84. The van der Waals surface area contributed by atoms with Crippen LogP contribution < -0.4 is 5.32 Å². The van der Waals surface area contributed by atoms with E-state index in [-0.39, 0.29) is 0 Å². The SMILES string of the molecule is C[C@@H]1CN2C=NC(N3CCNCC3)=CC2=N1. The summed E-state index contributed by atoms with van der Waals surface area (Å²) >= 11 is 0. The third kappa shape index (κ3) is 1.71. The van der Waals surface area contributed by atoms with Gasteiger partial charge in [-0.05, 0) is 6.92 Å². The number of hydrogen-bond acceptors (Lipinski definition) is 5. The molecule has 1 atom stereocenters. The predicted octanol–water partition coefficient (Wildman–Crippen LogP) is -0.122. The Labute approximate surface area is 95.5 Å². The minimum Gasteiger partial charge on any atom is -0.354 e. The molecule has 3 heterocycles. The van der Waals surface area contributed by atoms with E-state index in [0.717, 1.165) is 44.4 Å². The Morgan fingerprint density at radius 3 is 3.00 bits per heavy atom. The Bertz CT molecular complexity index is 365. The molecule has 0 unspecified atom stereocenters. The van der Waals surface area contributed by atoms with Gasteiger partial charge in [-0.15, -0.1) is 0 Å². The molecule has 1 fully saturated rings. The molecular weight excluding hydrogens is 202 g/mol. The quantitative estimate of drug-likeness (QED) is 0.668. The number of hydrogen-bond donors (Lipinski definition) is 1. The Morgan fingerprint density at radius 2 is 2.19 bits per heavy atom. The van der Waals surface area contributed by atoms with Gasteiger partial charge in [0.1, 0.15) is 11.7 Å². The van der Waals surface area contributed by atoms with E-state index < -0.39 is 0 Å². The summed E-state index contributed by atoms with van der Waals surface area (Å²) in [7, 11) is 0.